The molecule has 0 amide bonds. The van der Waals surface area contributed by atoms with Crippen molar-refractivity contribution in [3.8, 4) is 0 Å². The standard InChI is InChI=1S/C21H20F3IN4S/c22-21(23,24)9-16-8-17-18(26-13-27-19(17)30-16)29-11-15-6-7-28(12-20(15,29)25)10-14-4-2-1-3-5-14/h1-5,8,13,15H,6-7,9-12H2/t15-,20-/m1/s1. The van der Waals surface area contributed by atoms with E-state index >= 15 is 0 Å². The van der Waals surface area contributed by atoms with Crippen LogP contribution in [-0.2, 0) is 13.0 Å². The topological polar surface area (TPSA) is 32.3 Å². The van der Waals surface area contributed by atoms with Crippen LogP contribution >= 0.6 is 33.9 Å². The highest BCUT2D eigenvalue weighted by Gasteiger charge is 2.55. The van der Waals surface area contributed by atoms with Gasteiger partial charge < -0.3 is 4.90 Å². The third-order valence-corrected chi connectivity index (χ3v) is 8.80. The molecular formula is C21H20F3IN4S. The molecule has 1 aromatic carbocycles. The summed E-state index contributed by atoms with van der Waals surface area (Å²) >= 11 is 3.65. The van der Waals surface area contributed by atoms with Crippen LogP contribution in [0, 0.1) is 5.92 Å². The first-order chi connectivity index (χ1) is 14.3. The van der Waals surface area contributed by atoms with Crippen LogP contribution in [0.25, 0.3) is 10.2 Å². The lowest BCUT2D eigenvalue weighted by Gasteiger charge is -2.60. The zero-order valence-electron chi connectivity index (χ0n) is 16.1. The Labute approximate surface area is 190 Å². The Kier molecular flexibility index (Phi) is 5.18. The number of aromatic nitrogens is 2. The minimum Gasteiger partial charge on any atom is -0.339 e. The molecule has 2 aromatic heterocycles. The lowest BCUT2D eigenvalue weighted by molar-refractivity contribution is -0.126. The quantitative estimate of drug-likeness (QED) is 0.255. The van der Waals surface area contributed by atoms with Gasteiger partial charge in [-0.2, -0.15) is 13.2 Å². The predicted molar refractivity (Wildman–Crippen MR) is 121 cm³/mol. The largest absolute Gasteiger partial charge is 0.393 e. The summed E-state index contributed by atoms with van der Waals surface area (Å²) in [6.45, 7) is 3.75. The minimum atomic E-state index is -4.22. The molecule has 158 valence electrons. The van der Waals surface area contributed by atoms with Crippen LogP contribution in [0.2, 0.25) is 0 Å². The number of nitrogens with zero attached hydrogens (tertiary/aromatic N) is 4. The van der Waals surface area contributed by atoms with Crippen molar-refractivity contribution < 1.29 is 13.2 Å². The Morgan fingerprint density at radius 3 is 2.77 bits per heavy atom. The Bertz CT molecular complexity index is 1060. The third-order valence-electron chi connectivity index (χ3n) is 5.96. The van der Waals surface area contributed by atoms with Crippen molar-refractivity contribution >= 4 is 50.0 Å². The van der Waals surface area contributed by atoms with Crippen LogP contribution in [-0.4, -0.2) is 44.2 Å². The molecule has 0 aliphatic carbocycles. The second-order valence-electron chi connectivity index (χ2n) is 8.03. The summed E-state index contributed by atoms with van der Waals surface area (Å²) in [5, 5.41) is 0.733. The first-order valence-electron chi connectivity index (χ1n) is 9.85. The van der Waals surface area contributed by atoms with Crippen LogP contribution in [0.3, 0.4) is 0 Å². The number of likely N-dealkylation sites (tertiary alicyclic amines) is 1. The number of hydrogen-bond acceptors (Lipinski definition) is 5. The van der Waals surface area contributed by atoms with Gasteiger partial charge in [0.2, 0.25) is 0 Å². The zero-order valence-corrected chi connectivity index (χ0v) is 19.0. The molecule has 2 aliphatic rings. The van der Waals surface area contributed by atoms with Gasteiger partial charge >= 0.3 is 6.18 Å². The van der Waals surface area contributed by atoms with Gasteiger partial charge in [-0.25, -0.2) is 9.97 Å². The van der Waals surface area contributed by atoms with E-state index in [0.29, 0.717) is 10.7 Å². The molecule has 5 rings (SSSR count). The maximum Gasteiger partial charge on any atom is 0.393 e. The van der Waals surface area contributed by atoms with Crippen LogP contribution in [0.1, 0.15) is 16.9 Å². The van der Waals surface area contributed by atoms with Gasteiger partial charge in [0.15, 0.2) is 0 Å². The molecule has 0 radical (unpaired) electrons. The third kappa shape index (κ3) is 3.80. The molecule has 30 heavy (non-hydrogen) atoms. The lowest BCUT2D eigenvalue weighted by atomic mass is 9.82. The van der Waals surface area contributed by atoms with Gasteiger partial charge in [-0.1, -0.05) is 52.9 Å². The fourth-order valence-corrected chi connectivity index (χ4v) is 6.95. The van der Waals surface area contributed by atoms with Crippen molar-refractivity contribution in [2.24, 2.45) is 5.92 Å². The number of halogens is 4. The lowest BCUT2D eigenvalue weighted by Crippen LogP contribution is -2.71. The Hall–Kier alpha value is -1.46. The molecule has 2 fully saturated rings. The minimum absolute atomic E-state index is 0.0990. The summed E-state index contributed by atoms with van der Waals surface area (Å²) in [7, 11) is 0. The number of piperidine rings is 1. The average Bonchev–Trinajstić information content (AvgIpc) is 3.08. The van der Waals surface area contributed by atoms with E-state index in [4.69, 9.17) is 0 Å². The van der Waals surface area contributed by atoms with E-state index in [9.17, 15) is 13.2 Å². The molecule has 0 saturated carbocycles. The molecule has 4 heterocycles. The van der Waals surface area contributed by atoms with Crippen molar-refractivity contribution in [2.45, 2.75) is 29.1 Å². The van der Waals surface area contributed by atoms with Crippen molar-refractivity contribution in [3.05, 3.63) is 53.2 Å². The molecule has 2 saturated heterocycles. The van der Waals surface area contributed by atoms with Crippen molar-refractivity contribution in [1.29, 1.82) is 0 Å². The number of hydrogen-bond donors (Lipinski definition) is 0. The number of benzene rings is 1. The van der Waals surface area contributed by atoms with Gasteiger partial charge in [-0.15, -0.1) is 11.3 Å². The van der Waals surface area contributed by atoms with E-state index in [1.54, 1.807) is 6.07 Å². The van der Waals surface area contributed by atoms with Crippen LogP contribution in [0.15, 0.2) is 42.7 Å². The average molecular weight is 544 g/mol. The van der Waals surface area contributed by atoms with E-state index < -0.39 is 12.6 Å². The highest BCUT2D eigenvalue weighted by Crippen LogP contribution is 2.51. The van der Waals surface area contributed by atoms with E-state index in [2.05, 4.69) is 66.6 Å². The number of anilines is 1. The Morgan fingerprint density at radius 1 is 1.20 bits per heavy atom. The van der Waals surface area contributed by atoms with Gasteiger partial charge in [0.05, 0.1) is 11.8 Å². The summed E-state index contributed by atoms with van der Waals surface area (Å²) < 4.78 is 38.5. The van der Waals surface area contributed by atoms with Gasteiger partial charge in [0, 0.05) is 30.4 Å². The predicted octanol–water partition coefficient (Wildman–Crippen LogP) is 5.27. The molecular weight excluding hydrogens is 524 g/mol. The monoisotopic (exact) mass is 544 g/mol. The number of thiophene rings is 1. The summed E-state index contributed by atoms with van der Waals surface area (Å²) in [4.78, 5) is 14.4. The fraction of sp³-hybridized carbons (Fsp3) is 0.429. The van der Waals surface area contributed by atoms with Crippen molar-refractivity contribution in [2.75, 3.05) is 24.5 Å². The summed E-state index contributed by atoms with van der Waals surface area (Å²) in [5.74, 6) is 1.32. The molecule has 3 aromatic rings. The summed E-state index contributed by atoms with van der Waals surface area (Å²) in [6, 6.07) is 12.1. The maximum atomic E-state index is 12.9. The van der Waals surface area contributed by atoms with E-state index in [1.807, 2.05) is 6.07 Å². The molecule has 0 unspecified atom stereocenters. The first kappa shape index (κ1) is 20.4. The Balaban J connectivity index is 1.40. The van der Waals surface area contributed by atoms with Crippen LogP contribution in [0.4, 0.5) is 19.0 Å². The second kappa shape index (κ2) is 7.59. The number of alkyl halides is 4. The van der Waals surface area contributed by atoms with Gasteiger partial charge in [0.25, 0.3) is 0 Å². The molecule has 9 heteroatoms. The first-order valence-corrected chi connectivity index (χ1v) is 11.7. The number of fused-ring (bicyclic) bond motifs is 2. The smallest absolute Gasteiger partial charge is 0.339 e. The highest BCUT2D eigenvalue weighted by molar-refractivity contribution is 14.1. The number of rotatable bonds is 4. The SMILES string of the molecule is FC(F)(F)Cc1cc2c(N3C[C@H]4CCN(Cc5ccccc5)C[C@]43I)ncnc2s1. The van der Waals surface area contributed by atoms with Crippen LogP contribution in [0.5, 0.6) is 0 Å². The molecule has 0 N–H and O–H groups in total. The Morgan fingerprint density at radius 2 is 2.00 bits per heavy atom. The normalized spacial score (nSPS) is 24.7. The van der Waals surface area contributed by atoms with Crippen molar-refractivity contribution in [3.63, 3.8) is 0 Å². The molecule has 0 spiro atoms. The maximum absolute atomic E-state index is 12.9. The van der Waals surface area contributed by atoms with Gasteiger partial charge in [-0.3, -0.25) is 4.90 Å². The summed E-state index contributed by atoms with van der Waals surface area (Å²) in [6.07, 6.45) is -2.55. The van der Waals surface area contributed by atoms with E-state index in [0.717, 1.165) is 55.1 Å². The molecule has 2 atom stereocenters. The second-order valence-corrected chi connectivity index (χ2v) is 11.0. The summed E-state index contributed by atoms with van der Waals surface area (Å²) in [5.41, 5.74) is 1.29. The van der Waals surface area contributed by atoms with E-state index in [1.165, 1.54) is 11.9 Å². The molecule has 4 nitrogen and oxygen atoms in total. The zero-order chi connectivity index (χ0) is 20.9. The van der Waals surface area contributed by atoms with E-state index in [-0.39, 0.29) is 8.42 Å². The fourth-order valence-electron chi connectivity index (χ4n) is 4.51. The molecule has 0 bridgehead atoms. The molecule has 2 aliphatic heterocycles. The van der Waals surface area contributed by atoms with Gasteiger partial charge in [-0.05, 0) is 24.6 Å². The van der Waals surface area contributed by atoms with Gasteiger partial charge in [0.1, 0.15) is 20.5 Å². The van der Waals surface area contributed by atoms with Crippen LogP contribution < -0.4 is 4.90 Å². The van der Waals surface area contributed by atoms with Crippen molar-refractivity contribution in [1.82, 2.24) is 14.9 Å². The highest BCUT2D eigenvalue weighted by atomic mass is 127.